The number of halogens is 6. The fourth-order valence-corrected chi connectivity index (χ4v) is 9.44. The summed E-state index contributed by atoms with van der Waals surface area (Å²) in [4.78, 5) is 57.8. The minimum absolute atomic E-state index is 0.0578. The molecular weight excluding hydrogens is 887 g/mol. The van der Waals surface area contributed by atoms with E-state index in [0.29, 0.717) is 100 Å². The van der Waals surface area contributed by atoms with Gasteiger partial charge in [0.2, 0.25) is 0 Å². The molecule has 2 saturated heterocycles. The van der Waals surface area contributed by atoms with Crippen LogP contribution in [0.1, 0.15) is 147 Å². The number of benzene rings is 3. The molecule has 16 heteroatoms. The van der Waals surface area contributed by atoms with Gasteiger partial charge in [-0.05, 0) is 122 Å². The summed E-state index contributed by atoms with van der Waals surface area (Å²) in [6, 6.07) is 10.8. The molecule has 3 aromatic rings. The van der Waals surface area contributed by atoms with E-state index in [1.165, 1.54) is 0 Å². The lowest BCUT2D eigenvalue weighted by Crippen LogP contribution is -2.32. The molecule has 0 atom stereocenters. The van der Waals surface area contributed by atoms with Crippen LogP contribution < -0.4 is 21.3 Å². The Morgan fingerprint density at radius 2 is 0.735 bits per heavy atom. The molecule has 2 aliphatic heterocycles. The molecule has 2 fully saturated rings. The molecule has 0 radical (unpaired) electrons. The van der Waals surface area contributed by atoms with Crippen LogP contribution in [0, 0.1) is 10.8 Å². The maximum Gasteiger partial charge on any atom is 0.416 e. The van der Waals surface area contributed by atoms with Crippen molar-refractivity contribution in [3.8, 4) is 0 Å². The second-order valence-corrected chi connectivity index (χ2v) is 18.6. The highest BCUT2D eigenvalue weighted by Gasteiger charge is 2.35. The second kappa shape index (κ2) is 25.2. The summed E-state index contributed by atoms with van der Waals surface area (Å²) in [5.74, 6) is -0.983. The minimum Gasteiger partial charge on any atom is -0.388 e. The predicted molar refractivity (Wildman–Crippen MR) is 254 cm³/mol. The average molecular weight is 953 g/mol. The smallest absolute Gasteiger partial charge is 0.388 e. The predicted octanol–water partition coefficient (Wildman–Crippen LogP) is 10.4. The molecule has 10 nitrogen and oxygen atoms in total. The van der Waals surface area contributed by atoms with E-state index in [1.54, 1.807) is 24.3 Å². The molecule has 0 unspecified atom stereocenters. The third-order valence-corrected chi connectivity index (χ3v) is 12.7. The van der Waals surface area contributed by atoms with Crippen LogP contribution in [0.2, 0.25) is 0 Å². The van der Waals surface area contributed by atoms with E-state index in [1.807, 2.05) is 9.80 Å². The molecule has 0 saturated carbocycles. The van der Waals surface area contributed by atoms with Gasteiger partial charge in [0.25, 0.3) is 0 Å². The monoisotopic (exact) mass is 953 g/mol. The van der Waals surface area contributed by atoms with E-state index >= 15 is 0 Å². The Balaban J connectivity index is 1.31. The number of hydrogen-bond acceptors (Lipinski definition) is 8. The summed E-state index contributed by atoms with van der Waals surface area (Å²) in [5.41, 5.74) is 12.1. The van der Waals surface area contributed by atoms with Crippen molar-refractivity contribution in [2.24, 2.45) is 11.5 Å². The summed E-state index contributed by atoms with van der Waals surface area (Å²) in [7, 11) is 0. The van der Waals surface area contributed by atoms with Crippen LogP contribution in [-0.2, 0) is 70.1 Å². The number of anilines is 2. The topological polar surface area (TPSA) is 174 Å². The number of carbonyl (C=O) groups is 4. The molecule has 3 aromatic carbocycles. The van der Waals surface area contributed by atoms with Crippen LogP contribution in [0.3, 0.4) is 0 Å². The van der Waals surface area contributed by atoms with Gasteiger partial charge in [0.05, 0.1) is 22.8 Å². The van der Waals surface area contributed by atoms with E-state index in [4.69, 9.17) is 22.3 Å². The van der Waals surface area contributed by atoms with E-state index < -0.39 is 23.5 Å². The van der Waals surface area contributed by atoms with Gasteiger partial charge in [-0.3, -0.25) is 30.0 Å². The number of Topliss-reactive ketones (excluding diaryl/α,β-unsaturated/α-hetero) is 4. The number of nitrogens with one attached hydrogen (secondary N) is 2. The van der Waals surface area contributed by atoms with Gasteiger partial charge >= 0.3 is 12.4 Å². The quantitative estimate of drug-likeness (QED) is 0.0266. The summed E-state index contributed by atoms with van der Waals surface area (Å²) in [6.07, 6.45) is -0.668. The normalized spacial score (nSPS) is 14.5. The highest BCUT2D eigenvalue weighted by atomic mass is 19.4. The highest BCUT2D eigenvalue weighted by molar-refractivity contribution is 5.89. The van der Waals surface area contributed by atoms with Crippen molar-refractivity contribution in [3.63, 3.8) is 0 Å². The molecule has 5 rings (SSSR count). The second-order valence-electron chi connectivity index (χ2n) is 18.6. The van der Waals surface area contributed by atoms with Crippen molar-refractivity contribution in [2.45, 2.75) is 154 Å². The number of rotatable bonds is 26. The third-order valence-electron chi connectivity index (χ3n) is 12.7. The van der Waals surface area contributed by atoms with Gasteiger partial charge in [-0.2, -0.15) is 26.3 Å². The van der Waals surface area contributed by atoms with Gasteiger partial charge in [0.1, 0.15) is 23.1 Å². The number of piperidine rings is 2. The van der Waals surface area contributed by atoms with Gasteiger partial charge in [-0.25, -0.2) is 0 Å². The fraction of sp³-hybridized carbons (Fsp3) is 0.538. The first kappa shape index (κ1) is 53.4. The average Bonchev–Trinajstić information content (AvgIpc) is 3.26. The number of nitrogens with two attached hydrogens (primary N) is 2. The van der Waals surface area contributed by atoms with Crippen LogP contribution in [0.25, 0.3) is 0 Å². The molecule has 0 aromatic heterocycles. The zero-order valence-electron chi connectivity index (χ0n) is 39.0. The minimum atomic E-state index is -4.72. The zero-order chi connectivity index (χ0) is 49.4. The molecule has 0 amide bonds. The van der Waals surface area contributed by atoms with Crippen LogP contribution in [-0.4, -0.2) is 61.0 Å². The van der Waals surface area contributed by atoms with E-state index in [-0.39, 0.29) is 108 Å². The Morgan fingerprint density at radius 3 is 1.03 bits per heavy atom. The van der Waals surface area contributed by atoms with Crippen molar-refractivity contribution in [3.05, 3.63) is 93.0 Å². The molecule has 2 heterocycles. The molecule has 370 valence electrons. The van der Waals surface area contributed by atoms with E-state index in [9.17, 15) is 45.5 Å². The number of unbranched alkanes of at least 4 members (excludes halogenated alkanes) is 4. The molecule has 68 heavy (non-hydrogen) atoms. The molecule has 0 spiro atoms. The molecular formula is C52H66F6N6O4. The van der Waals surface area contributed by atoms with Gasteiger partial charge in [-0.1, -0.05) is 37.1 Å². The maximum absolute atomic E-state index is 14.4. The summed E-state index contributed by atoms with van der Waals surface area (Å²) in [5, 5.41) is 14.8. The Hall–Kier alpha value is -5.54. The molecule has 6 N–H and O–H groups in total. The lowest BCUT2D eigenvalue weighted by Gasteiger charge is -2.33. The number of amidine groups is 2. The zero-order valence-corrected chi connectivity index (χ0v) is 39.0. The summed E-state index contributed by atoms with van der Waals surface area (Å²) >= 11 is 0. The van der Waals surface area contributed by atoms with Gasteiger partial charge in [-0.15, -0.1) is 0 Å². The number of hydrogen-bond donors (Lipinski definition) is 4. The van der Waals surface area contributed by atoms with Crippen molar-refractivity contribution in [1.29, 1.82) is 10.8 Å². The SMILES string of the molecule is N=C(N)CCCCCC(=O)Cc1cc(C(F)(F)F)cc(CC(=O)Cc2ccc(CC(=O)Cc3cc(C(F)(F)F)cc(CC(=O)CCCCCC(=N)N)c3N3CCCCC3)cc2)c1N1CCCCC1. The van der Waals surface area contributed by atoms with E-state index in [2.05, 4.69) is 0 Å². The van der Waals surface area contributed by atoms with Crippen LogP contribution >= 0.6 is 0 Å². The first-order valence-corrected chi connectivity index (χ1v) is 24.0. The fourth-order valence-electron chi connectivity index (χ4n) is 9.44. The van der Waals surface area contributed by atoms with Gasteiger partial charge in [0, 0.05) is 102 Å². The van der Waals surface area contributed by atoms with Crippen LogP contribution in [0.5, 0.6) is 0 Å². The Kier molecular flexibility index (Phi) is 19.8. The number of nitrogens with zero attached hydrogens (tertiary/aromatic N) is 2. The first-order valence-electron chi connectivity index (χ1n) is 24.0. The van der Waals surface area contributed by atoms with Gasteiger partial charge < -0.3 is 21.3 Å². The Bertz CT molecular complexity index is 2090. The number of alkyl halides is 6. The standard InChI is InChI=1S/C52H66F6N6O4/c53-51(54,55)41-27-37(31-43(65)13-5-1-7-15-47(59)60)49(63-21-9-3-10-22-63)39(29-41)33-45(67)25-35-17-19-36(20-18-35)26-46(68)34-40-30-42(52(56,57)58)28-38(50(40)64-23-11-4-12-24-64)32-44(66)14-6-2-8-16-48(61)62/h17-20,27-30H,1-16,21-26,31-34H2,(H3,59,60)(H3,61,62). The van der Waals surface area contributed by atoms with Crippen molar-refractivity contribution >= 4 is 46.2 Å². The Morgan fingerprint density at radius 1 is 0.441 bits per heavy atom. The highest BCUT2D eigenvalue weighted by Crippen LogP contribution is 2.39. The van der Waals surface area contributed by atoms with Crippen LogP contribution in [0.4, 0.5) is 37.7 Å². The number of ketones is 4. The largest absolute Gasteiger partial charge is 0.416 e. The van der Waals surface area contributed by atoms with Gasteiger partial charge in [0.15, 0.2) is 0 Å². The van der Waals surface area contributed by atoms with Crippen molar-refractivity contribution < 1.29 is 45.5 Å². The van der Waals surface area contributed by atoms with Crippen molar-refractivity contribution in [1.82, 2.24) is 0 Å². The maximum atomic E-state index is 14.4. The summed E-state index contributed by atoms with van der Waals surface area (Å²) < 4.78 is 86.1. The van der Waals surface area contributed by atoms with Crippen LogP contribution in [0.15, 0.2) is 48.5 Å². The third kappa shape index (κ3) is 16.9. The lowest BCUT2D eigenvalue weighted by atomic mass is 9.91. The van der Waals surface area contributed by atoms with E-state index in [0.717, 1.165) is 62.8 Å². The van der Waals surface area contributed by atoms with Crippen molar-refractivity contribution in [2.75, 3.05) is 36.0 Å². The molecule has 2 aliphatic rings. The Labute approximate surface area is 395 Å². The lowest BCUT2D eigenvalue weighted by molar-refractivity contribution is -0.138. The molecule has 0 aliphatic carbocycles. The first-order chi connectivity index (χ1) is 32.3. The number of carbonyl (C=O) groups excluding carboxylic acids is 4. The summed E-state index contributed by atoms with van der Waals surface area (Å²) in [6.45, 7) is 2.33. The molecule has 0 bridgehead atoms.